The number of hydrogen-bond acceptors (Lipinski definition) is 5. The number of halogens is 1. The first-order chi connectivity index (χ1) is 9.98. The lowest BCUT2D eigenvalue weighted by Gasteiger charge is -2.18. The second-order valence-corrected chi connectivity index (χ2v) is 8.35. The molecule has 0 unspecified atom stereocenters. The van der Waals surface area contributed by atoms with E-state index in [1.807, 2.05) is 24.3 Å². The van der Waals surface area contributed by atoms with Crippen molar-refractivity contribution in [2.45, 2.75) is 17.7 Å². The Morgan fingerprint density at radius 1 is 1.38 bits per heavy atom. The summed E-state index contributed by atoms with van der Waals surface area (Å²) in [5.74, 6) is 0.731. The van der Waals surface area contributed by atoms with E-state index in [1.165, 1.54) is 4.31 Å². The van der Waals surface area contributed by atoms with Crippen LogP contribution in [0.1, 0.15) is 11.3 Å². The number of hydrogen-bond donors (Lipinski definition) is 0. The molecule has 5 nitrogen and oxygen atoms in total. The first kappa shape index (κ1) is 14.8. The van der Waals surface area contributed by atoms with Crippen molar-refractivity contribution in [3.63, 3.8) is 0 Å². The Balaban J connectivity index is 1.98. The Labute approximate surface area is 132 Å². The molecule has 0 N–H and O–H groups in total. The molecule has 2 aromatic rings. The molecule has 0 fully saturated rings. The van der Waals surface area contributed by atoms with Gasteiger partial charge in [-0.1, -0.05) is 41.1 Å². The van der Waals surface area contributed by atoms with E-state index in [0.717, 1.165) is 22.6 Å². The van der Waals surface area contributed by atoms with Gasteiger partial charge >= 0.3 is 0 Å². The minimum Gasteiger partial charge on any atom is -0.492 e. The monoisotopic (exact) mass is 344 g/mol. The molecule has 21 heavy (non-hydrogen) atoms. The Hall–Kier alpha value is -1.15. The first-order valence-corrected chi connectivity index (χ1v) is 8.96. The third-order valence-electron chi connectivity index (χ3n) is 3.22. The predicted octanol–water partition coefficient (Wildman–Crippen LogP) is 2.69. The van der Waals surface area contributed by atoms with Gasteiger partial charge in [-0.3, -0.25) is 0 Å². The van der Waals surface area contributed by atoms with Crippen LogP contribution in [0.15, 0.2) is 28.5 Å². The van der Waals surface area contributed by atoms with Crippen molar-refractivity contribution in [3.8, 4) is 5.75 Å². The number of thiazole rings is 1. The van der Waals surface area contributed by atoms with Crippen molar-refractivity contribution in [3.05, 3.63) is 40.0 Å². The average molecular weight is 345 g/mol. The van der Waals surface area contributed by atoms with Crippen molar-refractivity contribution in [2.75, 3.05) is 13.2 Å². The average Bonchev–Trinajstić information content (AvgIpc) is 2.67. The zero-order valence-electron chi connectivity index (χ0n) is 11.2. The number of benzene rings is 1. The van der Waals surface area contributed by atoms with Gasteiger partial charge in [0.25, 0.3) is 10.0 Å². The molecule has 2 heterocycles. The van der Waals surface area contributed by atoms with Crippen molar-refractivity contribution in [1.29, 1.82) is 0 Å². The van der Waals surface area contributed by atoms with Crippen molar-refractivity contribution >= 4 is 33.0 Å². The molecule has 0 saturated carbocycles. The van der Waals surface area contributed by atoms with E-state index in [9.17, 15) is 8.42 Å². The molecule has 0 aliphatic carbocycles. The molecule has 112 valence electrons. The fourth-order valence-corrected chi connectivity index (χ4v) is 5.49. The Kier molecular flexibility index (Phi) is 3.92. The molecule has 1 aromatic carbocycles. The van der Waals surface area contributed by atoms with Crippen LogP contribution in [0.3, 0.4) is 0 Å². The third-order valence-corrected chi connectivity index (χ3v) is 6.91. The van der Waals surface area contributed by atoms with Gasteiger partial charge in [0.15, 0.2) is 8.68 Å². The maximum atomic E-state index is 12.8. The Bertz CT molecular complexity index is 773. The number of rotatable bonds is 2. The van der Waals surface area contributed by atoms with E-state index in [0.29, 0.717) is 18.8 Å². The summed E-state index contributed by atoms with van der Waals surface area (Å²) in [5.41, 5.74) is 1.29. The molecule has 1 aromatic heterocycles. The number of nitrogens with zero attached hydrogens (tertiary/aromatic N) is 2. The van der Waals surface area contributed by atoms with Gasteiger partial charge in [0.2, 0.25) is 0 Å². The van der Waals surface area contributed by atoms with E-state index >= 15 is 0 Å². The second kappa shape index (κ2) is 5.57. The lowest BCUT2D eigenvalue weighted by Crippen LogP contribution is -2.32. The smallest absolute Gasteiger partial charge is 0.254 e. The highest BCUT2D eigenvalue weighted by Gasteiger charge is 2.31. The minimum absolute atomic E-state index is 0.201. The molecule has 1 aliphatic heterocycles. The summed E-state index contributed by atoms with van der Waals surface area (Å²) in [6.45, 7) is 2.55. The summed E-state index contributed by atoms with van der Waals surface area (Å²) in [7, 11) is -3.61. The normalized spacial score (nSPS) is 16.1. The molecular weight excluding hydrogens is 332 g/mol. The summed E-state index contributed by atoms with van der Waals surface area (Å²) in [6.07, 6.45) is 0. The molecule has 3 rings (SSSR count). The largest absolute Gasteiger partial charge is 0.492 e. The number of aromatic nitrogens is 1. The highest BCUT2D eigenvalue weighted by atomic mass is 35.5. The summed E-state index contributed by atoms with van der Waals surface area (Å²) < 4.78 is 33.0. The molecule has 0 spiro atoms. The lowest BCUT2D eigenvalue weighted by atomic mass is 10.2. The predicted molar refractivity (Wildman–Crippen MR) is 81.4 cm³/mol. The van der Waals surface area contributed by atoms with Gasteiger partial charge in [-0.05, 0) is 13.0 Å². The Morgan fingerprint density at radius 3 is 2.86 bits per heavy atom. The first-order valence-electron chi connectivity index (χ1n) is 6.32. The number of aryl methyl sites for hydroxylation is 1. The molecule has 8 heteroatoms. The zero-order valence-corrected chi connectivity index (χ0v) is 13.6. The van der Waals surface area contributed by atoms with Gasteiger partial charge in [-0.15, -0.1) is 0 Å². The topological polar surface area (TPSA) is 59.5 Å². The standard InChI is InChI=1S/C13H13ClN2O3S2/c1-9-12(20-13(14)15-9)21(17,18)16-6-7-19-11-5-3-2-4-10(11)8-16/h2-5H,6-8H2,1H3. The van der Waals surface area contributed by atoms with E-state index in [1.54, 1.807) is 6.92 Å². The van der Waals surface area contributed by atoms with Crippen LogP contribution in [-0.2, 0) is 16.6 Å². The maximum absolute atomic E-state index is 12.8. The maximum Gasteiger partial charge on any atom is 0.254 e. The van der Waals surface area contributed by atoms with Crippen LogP contribution in [0, 0.1) is 6.92 Å². The van der Waals surface area contributed by atoms with Crippen LogP contribution < -0.4 is 4.74 Å². The fourth-order valence-electron chi connectivity index (χ4n) is 2.21. The van der Waals surface area contributed by atoms with Crippen molar-refractivity contribution < 1.29 is 13.2 Å². The van der Waals surface area contributed by atoms with Crippen molar-refractivity contribution in [2.24, 2.45) is 0 Å². The fraction of sp³-hybridized carbons (Fsp3) is 0.308. The summed E-state index contributed by atoms with van der Waals surface area (Å²) in [4.78, 5) is 3.99. The summed E-state index contributed by atoms with van der Waals surface area (Å²) in [6, 6.07) is 7.46. The summed E-state index contributed by atoms with van der Waals surface area (Å²) >= 11 is 6.81. The molecule has 1 aliphatic rings. The second-order valence-electron chi connectivity index (χ2n) is 4.63. The van der Waals surface area contributed by atoms with Gasteiger partial charge in [-0.2, -0.15) is 4.31 Å². The summed E-state index contributed by atoms with van der Waals surface area (Å²) in [5, 5.41) is 0. The third kappa shape index (κ3) is 2.78. The van der Waals surface area contributed by atoms with E-state index in [2.05, 4.69) is 4.98 Å². The van der Waals surface area contributed by atoms with Crippen LogP contribution in [0.4, 0.5) is 0 Å². The van der Waals surface area contributed by atoms with Gasteiger partial charge in [-0.25, -0.2) is 13.4 Å². The lowest BCUT2D eigenvalue weighted by molar-refractivity contribution is 0.293. The van der Waals surface area contributed by atoms with Crippen LogP contribution in [0.25, 0.3) is 0 Å². The number of fused-ring (bicyclic) bond motifs is 1. The Morgan fingerprint density at radius 2 is 2.14 bits per heavy atom. The van der Waals surface area contributed by atoms with Crippen LogP contribution in [0.5, 0.6) is 5.75 Å². The van der Waals surface area contributed by atoms with Gasteiger partial charge in [0.05, 0.1) is 5.69 Å². The van der Waals surface area contributed by atoms with Crippen LogP contribution in [-0.4, -0.2) is 30.9 Å². The SMILES string of the molecule is Cc1nc(Cl)sc1S(=O)(=O)N1CCOc2ccccc2C1. The van der Waals surface area contributed by atoms with Crippen LogP contribution in [0.2, 0.25) is 4.47 Å². The molecule has 0 saturated heterocycles. The highest BCUT2D eigenvalue weighted by Crippen LogP contribution is 2.32. The molecular formula is C13H13ClN2O3S2. The van der Waals surface area contributed by atoms with E-state index in [4.69, 9.17) is 16.3 Å². The molecule has 0 amide bonds. The number of sulfonamides is 1. The quantitative estimate of drug-likeness (QED) is 0.840. The highest BCUT2D eigenvalue weighted by molar-refractivity contribution is 7.91. The van der Waals surface area contributed by atoms with Crippen LogP contribution >= 0.6 is 22.9 Å². The number of ether oxygens (including phenoxy) is 1. The molecule has 0 atom stereocenters. The molecule has 0 radical (unpaired) electrons. The van der Waals surface area contributed by atoms with Gasteiger partial charge < -0.3 is 4.74 Å². The van der Waals surface area contributed by atoms with Gasteiger partial charge in [0.1, 0.15) is 12.4 Å². The van der Waals surface area contributed by atoms with Crippen molar-refractivity contribution in [1.82, 2.24) is 9.29 Å². The van der Waals surface area contributed by atoms with E-state index < -0.39 is 10.0 Å². The zero-order chi connectivity index (χ0) is 15.0. The van der Waals surface area contributed by atoms with E-state index in [-0.39, 0.29) is 15.2 Å². The molecule has 0 bridgehead atoms. The van der Waals surface area contributed by atoms with Gasteiger partial charge in [0, 0.05) is 18.7 Å². The number of para-hydroxylation sites is 1. The minimum atomic E-state index is -3.61.